The predicted octanol–water partition coefficient (Wildman–Crippen LogP) is 0.692. The van der Waals surface area contributed by atoms with Crippen molar-refractivity contribution in [1.29, 1.82) is 0 Å². The van der Waals surface area contributed by atoms with Gasteiger partial charge in [-0.25, -0.2) is 13.6 Å². The Morgan fingerprint density at radius 2 is 2.05 bits per heavy atom. The third-order valence-corrected chi connectivity index (χ3v) is 3.02. The van der Waals surface area contributed by atoms with Crippen LogP contribution in [0, 0.1) is 11.6 Å². The maximum Gasteiger partial charge on any atom is 0.328 e. The Morgan fingerprint density at radius 1 is 1.32 bits per heavy atom. The van der Waals surface area contributed by atoms with E-state index in [1.54, 1.807) is 0 Å². The Kier molecular flexibility index (Phi) is 4.50. The second kappa shape index (κ2) is 6.33. The average Bonchev–Trinajstić information content (AvgIpc) is 2.41. The van der Waals surface area contributed by atoms with Gasteiger partial charge in [-0.1, -0.05) is 6.07 Å². The van der Waals surface area contributed by atoms with E-state index in [1.807, 2.05) is 4.98 Å². The molecule has 0 aliphatic heterocycles. The summed E-state index contributed by atoms with van der Waals surface area (Å²) < 4.78 is 27.4. The van der Waals surface area contributed by atoms with Crippen molar-refractivity contribution in [3.63, 3.8) is 0 Å². The van der Waals surface area contributed by atoms with Gasteiger partial charge in [0.05, 0.1) is 6.04 Å². The number of aromatic amines is 1. The first-order valence-corrected chi connectivity index (χ1v) is 6.41. The Balaban J connectivity index is 2.08. The molecule has 116 valence electrons. The van der Waals surface area contributed by atoms with Gasteiger partial charge in [0.1, 0.15) is 18.2 Å². The van der Waals surface area contributed by atoms with Crippen LogP contribution in [0.4, 0.5) is 8.78 Å². The van der Waals surface area contributed by atoms with Crippen LogP contribution in [0.25, 0.3) is 0 Å². The number of H-pyrrole nitrogens is 1. The monoisotopic (exact) mass is 309 g/mol. The average molecular weight is 309 g/mol. The number of rotatable bonds is 4. The van der Waals surface area contributed by atoms with Crippen molar-refractivity contribution in [1.82, 2.24) is 14.9 Å². The molecule has 0 spiro atoms. The molecule has 0 radical (unpaired) electrons. The summed E-state index contributed by atoms with van der Waals surface area (Å²) in [6.45, 7) is 1.20. The third-order valence-electron chi connectivity index (χ3n) is 3.02. The fourth-order valence-electron chi connectivity index (χ4n) is 1.94. The number of hydrogen-bond donors (Lipinski definition) is 2. The second-order valence-electron chi connectivity index (χ2n) is 4.69. The van der Waals surface area contributed by atoms with E-state index in [0.717, 1.165) is 22.8 Å². The molecular formula is C14H13F2N3O3. The molecule has 0 aliphatic carbocycles. The molecule has 1 heterocycles. The molecule has 0 bridgehead atoms. The highest BCUT2D eigenvalue weighted by Gasteiger charge is 2.14. The van der Waals surface area contributed by atoms with Crippen molar-refractivity contribution in [3.8, 4) is 0 Å². The summed E-state index contributed by atoms with van der Waals surface area (Å²) in [7, 11) is 0. The van der Waals surface area contributed by atoms with Gasteiger partial charge in [0.2, 0.25) is 5.91 Å². The number of halogens is 2. The van der Waals surface area contributed by atoms with E-state index in [-0.39, 0.29) is 12.1 Å². The van der Waals surface area contributed by atoms with Gasteiger partial charge in [0.25, 0.3) is 5.56 Å². The fourth-order valence-corrected chi connectivity index (χ4v) is 1.94. The molecule has 1 atom stereocenters. The van der Waals surface area contributed by atoms with E-state index in [2.05, 4.69) is 5.32 Å². The number of carbonyl (C=O) groups excluding carboxylic acids is 1. The van der Waals surface area contributed by atoms with E-state index in [9.17, 15) is 23.2 Å². The second-order valence-corrected chi connectivity index (χ2v) is 4.69. The molecule has 1 aromatic carbocycles. The van der Waals surface area contributed by atoms with Crippen LogP contribution in [0.1, 0.15) is 18.5 Å². The fraction of sp³-hybridized carbons (Fsp3) is 0.214. The quantitative estimate of drug-likeness (QED) is 0.871. The normalized spacial score (nSPS) is 12.0. The lowest BCUT2D eigenvalue weighted by Crippen LogP contribution is -2.36. The first-order chi connectivity index (χ1) is 10.4. The van der Waals surface area contributed by atoms with E-state index >= 15 is 0 Å². The first-order valence-electron chi connectivity index (χ1n) is 6.41. The zero-order chi connectivity index (χ0) is 16.3. The molecule has 2 rings (SSSR count). The molecule has 2 aromatic rings. The summed E-state index contributed by atoms with van der Waals surface area (Å²) in [5.41, 5.74) is -1.16. The van der Waals surface area contributed by atoms with Gasteiger partial charge < -0.3 is 5.32 Å². The van der Waals surface area contributed by atoms with Gasteiger partial charge in [0.15, 0.2) is 0 Å². The smallest absolute Gasteiger partial charge is 0.328 e. The SMILES string of the molecule is CC(NC(=O)Cn1ccc(=O)[nH]c1=O)c1ccc(F)cc1F. The number of benzene rings is 1. The zero-order valence-electron chi connectivity index (χ0n) is 11.6. The largest absolute Gasteiger partial charge is 0.348 e. The van der Waals surface area contributed by atoms with Crippen molar-refractivity contribution in [3.05, 3.63) is 68.5 Å². The van der Waals surface area contributed by atoms with Gasteiger partial charge >= 0.3 is 5.69 Å². The number of aromatic nitrogens is 2. The van der Waals surface area contributed by atoms with Crippen LogP contribution in [0.2, 0.25) is 0 Å². The first kappa shape index (κ1) is 15.6. The molecule has 6 nitrogen and oxygen atoms in total. The highest BCUT2D eigenvalue weighted by molar-refractivity contribution is 5.76. The lowest BCUT2D eigenvalue weighted by atomic mass is 10.1. The summed E-state index contributed by atoms with van der Waals surface area (Å²) >= 11 is 0. The van der Waals surface area contributed by atoms with Crippen LogP contribution < -0.4 is 16.6 Å². The molecule has 0 fully saturated rings. The summed E-state index contributed by atoms with van der Waals surface area (Å²) in [5, 5.41) is 2.49. The lowest BCUT2D eigenvalue weighted by Gasteiger charge is -2.15. The van der Waals surface area contributed by atoms with Crippen LogP contribution in [0.15, 0.2) is 40.1 Å². The van der Waals surface area contributed by atoms with Gasteiger partial charge in [-0.3, -0.25) is 19.1 Å². The number of amides is 1. The van der Waals surface area contributed by atoms with Crippen molar-refractivity contribution < 1.29 is 13.6 Å². The molecule has 1 aromatic heterocycles. The highest BCUT2D eigenvalue weighted by Crippen LogP contribution is 2.17. The van der Waals surface area contributed by atoms with Crippen LogP contribution >= 0.6 is 0 Å². The number of carbonyl (C=O) groups is 1. The summed E-state index contributed by atoms with van der Waals surface area (Å²) in [6.07, 6.45) is 1.18. The van der Waals surface area contributed by atoms with E-state index in [1.165, 1.54) is 19.2 Å². The molecule has 1 amide bonds. The Labute approximate surface area is 123 Å². The molecule has 0 saturated carbocycles. The minimum absolute atomic E-state index is 0.128. The summed E-state index contributed by atoms with van der Waals surface area (Å²) in [6, 6.07) is 3.46. The molecule has 8 heteroatoms. The molecule has 0 saturated heterocycles. The minimum Gasteiger partial charge on any atom is -0.348 e. The predicted molar refractivity (Wildman–Crippen MR) is 74.2 cm³/mol. The minimum atomic E-state index is -0.769. The van der Waals surface area contributed by atoms with Crippen LogP contribution in [0.3, 0.4) is 0 Å². The number of nitrogens with one attached hydrogen (secondary N) is 2. The number of nitrogens with zero attached hydrogens (tertiary/aromatic N) is 1. The maximum absolute atomic E-state index is 13.6. The standard InChI is InChI=1S/C14H13F2N3O3/c1-8(10-3-2-9(15)6-11(10)16)17-13(21)7-19-5-4-12(20)18-14(19)22/h2-6,8H,7H2,1H3,(H,17,21)(H,18,20,22). The van der Waals surface area contributed by atoms with Crippen LogP contribution in [-0.2, 0) is 11.3 Å². The van der Waals surface area contributed by atoms with Crippen molar-refractivity contribution >= 4 is 5.91 Å². The summed E-state index contributed by atoms with van der Waals surface area (Å²) in [4.78, 5) is 36.2. The van der Waals surface area contributed by atoms with Crippen molar-refractivity contribution in [2.75, 3.05) is 0 Å². The lowest BCUT2D eigenvalue weighted by molar-refractivity contribution is -0.122. The van der Waals surface area contributed by atoms with E-state index in [0.29, 0.717) is 0 Å². The van der Waals surface area contributed by atoms with Gasteiger partial charge in [-0.05, 0) is 13.0 Å². The van der Waals surface area contributed by atoms with E-state index < -0.39 is 34.8 Å². The molecule has 2 N–H and O–H groups in total. The molecule has 1 unspecified atom stereocenters. The third kappa shape index (κ3) is 3.66. The zero-order valence-corrected chi connectivity index (χ0v) is 11.6. The highest BCUT2D eigenvalue weighted by atomic mass is 19.1. The molecular weight excluding hydrogens is 296 g/mol. The van der Waals surface area contributed by atoms with Crippen molar-refractivity contribution in [2.24, 2.45) is 0 Å². The van der Waals surface area contributed by atoms with Gasteiger partial charge in [-0.2, -0.15) is 0 Å². The number of hydrogen-bond acceptors (Lipinski definition) is 3. The topological polar surface area (TPSA) is 84.0 Å². The van der Waals surface area contributed by atoms with Crippen molar-refractivity contribution in [2.45, 2.75) is 19.5 Å². The molecule has 0 aliphatic rings. The van der Waals surface area contributed by atoms with Crippen LogP contribution in [-0.4, -0.2) is 15.5 Å². The Hall–Kier alpha value is -2.77. The Morgan fingerprint density at radius 3 is 2.68 bits per heavy atom. The van der Waals surface area contributed by atoms with Gasteiger partial charge in [-0.15, -0.1) is 0 Å². The van der Waals surface area contributed by atoms with Gasteiger partial charge in [0, 0.05) is 23.9 Å². The van der Waals surface area contributed by atoms with Crippen LogP contribution in [0.5, 0.6) is 0 Å². The summed E-state index contributed by atoms with van der Waals surface area (Å²) in [5.74, 6) is -2.03. The molecule has 22 heavy (non-hydrogen) atoms. The maximum atomic E-state index is 13.6. The van der Waals surface area contributed by atoms with E-state index in [4.69, 9.17) is 0 Å². The Bertz CT molecular complexity index is 813.